The first-order valence-corrected chi connectivity index (χ1v) is 8.37. The third-order valence-electron chi connectivity index (χ3n) is 3.51. The lowest BCUT2D eigenvalue weighted by Gasteiger charge is -2.26. The van der Waals surface area contributed by atoms with Gasteiger partial charge in [0.05, 0.1) is 0 Å². The summed E-state index contributed by atoms with van der Waals surface area (Å²) in [5.41, 5.74) is 2.16. The zero-order valence-electron chi connectivity index (χ0n) is 12.2. The van der Waals surface area contributed by atoms with E-state index in [1.807, 2.05) is 31.2 Å². The lowest BCUT2D eigenvalue weighted by molar-refractivity contribution is 0.367. The minimum absolute atomic E-state index is 0.411. The molecule has 1 saturated heterocycles. The molecule has 1 aliphatic heterocycles. The van der Waals surface area contributed by atoms with E-state index in [1.54, 1.807) is 11.4 Å². The Hall–Kier alpha value is -0.950. The van der Waals surface area contributed by atoms with Gasteiger partial charge in [-0.15, -0.1) is 0 Å². The Morgan fingerprint density at radius 2 is 2.10 bits per heavy atom. The van der Waals surface area contributed by atoms with Gasteiger partial charge in [-0.1, -0.05) is 29.8 Å². The van der Waals surface area contributed by atoms with Crippen LogP contribution in [-0.2, 0) is 16.8 Å². The summed E-state index contributed by atoms with van der Waals surface area (Å²) in [5.74, 6) is 0. The van der Waals surface area contributed by atoms with Crippen molar-refractivity contribution in [3.63, 3.8) is 0 Å². The predicted molar refractivity (Wildman–Crippen MR) is 80.6 cm³/mol. The van der Waals surface area contributed by atoms with Gasteiger partial charge >= 0.3 is 0 Å². The maximum atomic E-state index is 12.6. The number of hydrogen-bond donors (Lipinski definition) is 1. The van der Waals surface area contributed by atoms with Crippen LogP contribution < -0.4 is 5.32 Å². The average molecular weight is 297 g/mol. The van der Waals surface area contributed by atoms with E-state index >= 15 is 0 Å². The lowest BCUT2D eigenvalue weighted by Crippen LogP contribution is -2.43. The number of rotatable bonds is 4. The molecule has 0 unspecified atom stereocenters. The molecule has 0 bridgehead atoms. The van der Waals surface area contributed by atoms with Crippen molar-refractivity contribution >= 4 is 10.2 Å². The molecule has 1 heterocycles. The molecule has 1 aliphatic rings. The van der Waals surface area contributed by atoms with E-state index in [0.717, 1.165) is 30.6 Å². The Balaban J connectivity index is 2.08. The Kier molecular flexibility index (Phi) is 5.15. The Labute approximate surface area is 121 Å². The van der Waals surface area contributed by atoms with Crippen LogP contribution in [0.3, 0.4) is 0 Å². The first-order chi connectivity index (χ1) is 9.50. The molecule has 0 radical (unpaired) electrons. The largest absolute Gasteiger partial charge is 0.315 e. The molecule has 0 amide bonds. The van der Waals surface area contributed by atoms with Crippen LogP contribution in [0.2, 0.25) is 0 Å². The molecule has 2 rings (SSSR count). The number of aryl methyl sites for hydroxylation is 1. The Morgan fingerprint density at radius 1 is 1.30 bits per heavy atom. The predicted octanol–water partition coefficient (Wildman–Crippen LogP) is 0.967. The highest BCUT2D eigenvalue weighted by Gasteiger charge is 2.27. The van der Waals surface area contributed by atoms with E-state index < -0.39 is 10.2 Å². The van der Waals surface area contributed by atoms with Gasteiger partial charge in [-0.25, -0.2) is 0 Å². The lowest BCUT2D eigenvalue weighted by atomic mass is 10.1. The molecule has 1 aromatic rings. The third-order valence-corrected chi connectivity index (χ3v) is 5.44. The van der Waals surface area contributed by atoms with E-state index in [1.165, 1.54) is 4.31 Å². The zero-order chi connectivity index (χ0) is 14.6. The molecule has 6 heteroatoms. The van der Waals surface area contributed by atoms with Crippen LogP contribution in [0.1, 0.15) is 17.5 Å². The van der Waals surface area contributed by atoms with Crippen LogP contribution in [0.5, 0.6) is 0 Å². The van der Waals surface area contributed by atoms with Gasteiger partial charge in [0.15, 0.2) is 0 Å². The highest BCUT2D eigenvalue weighted by molar-refractivity contribution is 7.86. The average Bonchev–Trinajstić information content (AvgIpc) is 2.67. The van der Waals surface area contributed by atoms with Crippen molar-refractivity contribution < 1.29 is 8.42 Å². The molecule has 1 N–H and O–H groups in total. The highest BCUT2D eigenvalue weighted by atomic mass is 32.2. The molecular weight excluding hydrogens is 274 g/mol. The van der Waals surface area contributed by atoms with E-state index in [0.29, 0.717) is 19.6 Å². The van der Waals surface area contributed by atoms with Crippen LogP contribution in [0.25, 0.3) is 0 Å². The van der Waals surface area contributed by atoms with Crippen LogP contribution in [-0.4, -0.2) is 50.3 Å². The molecule has 112 valence electrons. The van der Waals surface area contributed by atoms with Crippen molar-refractivity contribution in [3.8, 4) is 0 Å². The van der Waals surface area contributed by atoms with Gasteiger partial charge < -0.3 is 5.32 Å². The van der Waals surface area contributed by atoms with Gasteiger partial charge in [-0.3, -0.25) is 0 Å². The van der Waals surface area contributed by atoms with Gasteiger partial charge in [-0.2, -0.15) is 17.0 Å². The summed E-state index contributed by atoms with van der Waals surface area (Å²) < 4.78 is 28.1. The molecule has 0 atom stereocenters. The van der Waals surface area contributed by atoms with Crippen LogP contribution in [0.4, 0.5) is 0 Å². The van der Waals surface area contributed by atoms with Gasteiger partial charge in [0.25, 0.3) is 10.2 Å². The number of benzene rings is 1. The van der Waals surface area contributed by atoms with Gasteiger partial charge in [-0.05, 0) is 25.5 Å². The number of nitrogens with zero attached hydrogens (tertiary/aromatic N) is 2. The molecule has 5 nitrogen and oxygen atoms in total. The minimum Gasteiger partial charge on any atom is -0.315 e. The molecule has 0 aromatic heterocycles. The minimum atomic E-state index is -3.37. The fraction of sp³-hybridized carbons (Fsp3) is 0.571. The summed E-state index contributed by atoms with van der Waals surface area (Å²) in [4.78, 5) is 0. The monoisotopic (exact) mass is 297 g/mol. The maximum absolute atomic E-state index is 12.6. The van der Waals surface area contributed by atoms with E-state index in [4.69, 9.17) is 0 Å². The molecule has 1 aromatic carbocycles. The first-order valence-electron chi connectivity index (χ1n) is 6.98. The Morgan fingerprint density at radius 3 is 2.85 bits per heavy atom. The first kappa shape index (κ1) is 15.4. The molecule has 1 fully saturated rings. The van der Waals surface area contributed by atoms with Gasteiger partial charge in [0.1, 0.15) is 0 Å². The fourth-order valence-corrected chi connectivity index (χ4v) is 3.79. The summed E-state index contributed by atoms with van der Waals surface area (Å²) in [5, 5.41) is 3.22. The summed E-state index contributed by atoms with van der Waals surface area (Å²) >= 11 is 0. The van der Waals surface area contributed by atoms with Gasteiger partial charge in [0, 0.05) is 33.2 Å². The van der Waals surface area contributed by atoms with Crippen molar-refractivity contribution in [2.45, 2.75) is 19.9 Å². The van der Waals surface area contributed by atoms with E-state index in [-0.39, 0.29) is 0 Å². The highest BCUT2D eigenvalue weighted by Crippen LogP contribution is 2.13. The van der Waals surface area contributed by atoms with Gasteiger partial charge in [0.2, 0.25) is 0 Å². The topological polar surface area (TPSA) is 52.7 Å². The zero-order valence-corrected chi connectivity index (χ0v) is 13.0. The summed E-state index contributed by atoms with van der Waals surface area (Å²) in [6.07, 6.45) is 0.859. The second-order valence-electron chi connectivity index (χ2n) is 5.26. The van der Waals surface area contributed by atoms with Crippen LogP contribution >= 0.6 is 0 Å². The second-order valence-corrected chi connectivity index (χ2v) is 7.29. The van der Waals surface area contributed by atoms with E-state index in [9.17, 15) is 8.42 Å². The SMILES string of the molecule is Cc1cccc(CN(C)S(=O)(=O)N2CCCNCC2)c1. The van der Waals surface area contributed by atoms with Crippen molar-refractivity contribution in [1.82, 2.24) is 13.9 Å². The van der Waals surface area contributed by atoms with Crippen LogP contribution in [0.15, 0.2) is 24.3 Å². The van der Waals surface area contributed by atoms with Crippen molar-refractivity contribution in [3.05, 3.63) is 35.4 Å². The molecule has 0 aliphatic carbocycles. The molecule has 0 saturated carbocycles. The summed E-state index contributed by atoms with van der Waals surface area (Å²) in [6, 6.07) is 7.96. The number of hydrogen-bond acceptors (Lipinski definition) is 3. The molecule has 0 spiro atoms. The molecular formula is C14H23N3O2S. The summed E-state index contributed by atoms with van der Waals surface area (Å²) in [7, 11) is -1.72. The smallest absolute Gasteiger partial charge is 0.282 e. The fourth-order valence-electron chi connectivity index (χ4n) is 2.40. The Bertz CT molecular complexity index is 537. The second kappa shape index (κ2) is 6.67. The van der Waals surface area contributed by atoms with Crippen molar-refractivity contribution in [2.75, 3.05) is 33.2 Å². The molecule has 20 heavy (non-hydrogen) atoms. The number of nitrogens with one attached hydrogen (secondary N) is 1. The van der Waals surface area contributed by atoms with Crippen LogP contribution in [0, 0.1) is 6.92 Å². The van der Waals surface area contributed by atoms with Crippen molar-refractivity contribution in [2.24, 2.45) is 0 Å². The maximum Gasteiger partial charge on any atom is 0.282 e. The van der Waals surface area contributed by atoms with Crippen molar-refractivity contribution in [1.29, 1.82) is 0 Å². The quantitative estimate of drug-likeness (QED) is 0.901. The van der Waals surface area contributed by atoms with E-state index in [2.05, 4.69) is 5.32 Å². The standard InChI is InChI=1S/C14H23N3O2S/c1-13-5-3-6-14(11-13)12-16(2)20(18,19)17-9-4-7-15-8-10-17/h3,5-6,11,15H,4,7-10,12H2,1-2H3. The third kappa shape index (κ3) is 3.79. The summed E-state index contributed by atoms with van der Waals surface area (Å²) in [6.45, 7) is 5.16. The normalized spacial score (nSPS) is 18.1.